The number of carbonyl (C=O) groups excluding carboxylic acids is 1. The van der Waals surface area contributed by atoms with Crippen molar-refractivity contribution in [3.05, 3.63) is 64.4 Å². The molecule has 2 heterocycles. The number of ether oxygens (including phenoxy) is 2. The second-order valence-electron chi connectivity index (χ2n) is 10.2. The molecule has 0 radical (unpaired) electrons. The van der Waals surface area contributed by atoms with Gasteiger partial charge in [0.25, 0.3) is 0 Å². The van der Waals surface area contributed by atoms with Crippen LogP contribution in [0.15, 0.2) is 47.5 Å². The van der Waals surface area contributed by atoms with Gasteiger partial charge < -0.3 is 20.1 Å². The van der Waals surface area contributed by atoms with Gasteiger partial charge in [-0.15, -0.1) is 0 Å². The van der Waals surface area contributed by atoms with Crippen LogP contribution in [0.1, 0.15) is 56.2 Å². The lowest BCUT2D eigenvalue weighted by atomic mass is 10.1. The zero-order valence-corrected chi connectivity index (χ0v) is 25.4. The molecule has 5 rings (SSSR count). The molecule has 2 aromatic carbocycles. The van der Waals surface area contributed by atoms with Crippen LogP contribution < -0.4 is 15.4 Å². The Kier molecular flexibility index (Phi) is 8.11. The fourth-order valence-corrected chi connectivity index (χ4v) is 5.94. The molecule has 0 bridgehead atoms. The van der Waals surface area contributed by atoms with E-state index in [0.717, 1.165) is 22.4 Å². The maximum absolute atomic E-state index is 12.9. The number of hydrogen-bond donors (Lipinski definition) is 3. The molecule has 1 aliphatic carbocycles. The third-order valence-electron chi connectivity index (χ3n) is 6.60. The Morgan fingerprint density at radius 2 is 1.88 bits per heavy atom. The van der Waals surface area contributed by atoms with E-state index in [1.165, 1.54) is 6.20 Å². The normalized spacial score (nSPS) is 12.3. The van der Waals surface area contributed by atoms with Gasteiger partial charge >= 0.3 is 5.97 Å². The summed E-state index contributed by atoms with van der Waals surface area (Å²) in [6.45, 7) is 9.10. The largest absolute Gasteiger partial charge is 0.489 e. The summed E-state index contributed by atoms with van der Waals surface area (Å²) < 4.78 is 37.2. The van der Waals surface area contributed by atoms with Crippen molar-refractivity contribution in [2.45, 2.75) is 57.3 Å². The summed E-state index contributed by atoms with van der Waals surface area (Å²) in [6.07, 6.45) is 1.80. The average Bonchev–Trinajstić information content (AvgIpc) is 3.50. The first-order valence-corrected chi connectivity index (χ1v) is 15.4. The van der Waals surface area contributed by atoms with Crippen LogP contribution in [0.3, 0.4) is 0 Å². The molecule has 11 nitrogen and oxygen atoms in total. The lowest BCUT2D eigenvalue weighted by molar-refractivity contribution is 0.0518. The quantitative estimate of drug-likeness (QED) is 0.159. The van der Waals surface area contributed by atoms with Crippen molar-refractivity contribution in [2.24, 2.45) is 0 Å². The van der Waals surface area contributed by atoms with E-state index in [9.17, 15) is 13.2 Å². The zero-order chi connectivity index (χ0) is 30.2. The number of esters is 1. The van der Waals surface area contributed by atoms with E-state index >= 15 is 0 Å². The highest BCUT2D eigenvalue weighted by molar-refractivity contribution is 7.92. The maximum Gasteiger partial charge on any atom is 0.359 e. The van der Waals surface area contributed by atoms with Crippen LogP contribution >= 0.6 is 11.6 Å². The van der Waals surface area contributed by atoms with Crippen LogP contribution in [-0.2, 0) is 21.0 Å². The van der Waals surface area contributed by atoms with Crippen LogP contribution in [0, 0.1) is 0 Å². The van der Waals surface area contributed by atoms with Crippen molar-refractivity contribution in [3.63, 3.8) is 0 Å². The van der Waals surface area contributed by atoms with Crippen molar-refractivity contribution in [2.75, 3.05) is 17.2 Å². The minimum Gasteiger partial charge on any atom is -0.489 e. The van der Waals surface area contributed by atoms with Crippen molar-refractivity contribution >= 4 is 50.5 Å². The van der Waals surface area contributed by atoms with Gasteiger partial charge in [0.2, 0.25) is 5.95 Å². The molecule has 4 aromatic rings. The van der Waals surface area contributed by atoms with Crippen molar-refractivity contribution in [3.8, 4) is 17.0 Å². The van der Waals surface area contributed by atoms with Crippen LogP contribution in [0.4, 0.5) is 23.1 Å². The molecule has 0 spiro atoms. The fourth-order valence-electron chi connectivity index (χ4n) is 4.60. The summed E-state index contributed by atoms with van der Waals surface area (Å²) in [5, 5.41) is 13.0. The number of nitrogens with zero attached hydrogens (tertiary/aromatic N) is 3. The molecule has 42 heavy (non-hydrogen) atoms. The SMILES string of the molecule is CCOC(=O)c1n[nH]c2c1Cc1cc(OC(C)C)c(Nc3ncc(Cl)c(Nc4ccccc4S(=O)(=O)C(C)C)n3)cc1-2. The standard InChI is InChI=1S/C29H31ClN6O5S/c1-6-40-28(37)26-19-11-17-12-23(41-15(2)3)22(13-18(17)25(19)35-36-26)33-29-31-14-20(30)27(34-29)32-21-9-7-8-10-24(21)42(38,39)16(4)5/h7-10,12-16H,6,11H2,1-5H3,(H,35,36)(H2,31,32,33,34). The second-order valence-corrected chi connectivity index (χ2v) is 13.1. The monoisotopic (exact) mass is 610 g/mol. The first kappa shape index (κ1) is 29.3. The molecule has 0 saturated heterocycles. The van der Waals surface area contributed by atoms with Crippen LogP contribution in [0.25, 0.3) is 11.3 Å². The lowest BCUT2D eigenvalue weighted by Crippen LogP contribution is -2.15. The number of halogens is 1. The first-order valence-electron chi connectivity index (χ1n) is 13.5. The van der Waals surface area contributed by atoms with E-state index in [4.69, 9.17) is 21.1 Å². The number of aromatic amines is 1. The minimum atomic E-state index is -3.57. The summed E-state index contributed by atoms with van der Waals surface area (Å²) in [5.74, 6) is 0.524. The van der Waals surface area contributed by atoms with E-state index in [0.29, 0.717) is 23.5 Å². The van der Waals surface area contributed by atoms with Gasteiger partial charge in [-0.3, -0.25) is 5.10 Å². The van der Waals surface area contributed by atoms with Gasteiger partial charge in [-0.25, -0.2) is 18.2 Å². The van der Waals surface area contributed by atoms with Gasteiger partial charge in [0.15, 0.2) is 21.3 Å². The predicted molar refractivity (Wildman–Crippen MR) is 161 cm³/mol. The number of nitrogens with one attached hydrogen (secondary N) is 3. The number of H-pyrrole nitrogens is 1. The molecule has 1 aliphatic rings. The molecule has 0 unspecified atom stereocenters. The van der Waals surface area contributed by atoms with Gasteiger partial charge in [0.1, 0.15) is 10.8 Å². The molecule has 0 aliphatic heterocycles. The van der Waals surface area contributed by atoms with Gasteiger partial charge in [-0.2, -0.15) is 10.1 Å². The molecule has 13 heteroatoms. The van der Waals surface area contributed by atoms with Crippen molar-refractivity contribution < 1.29 is 22.7 Å². The molecular weight excluding hydrogens is 580 g/mol. The number of anilines is 4. The summed E-state index contributed by atoms with van der Waals surface area (Å²) >= 11 is 6.42. The van der Waals surface area contributed by atoms with Crippen molar-refractivity contribution in [1.82, 2.24) is 20.2 Å². The van der Waals surface area contributed by atoms with E-state index in [1.807, 2.05) is 26.0 Å². The third kappa shape index (κ3) is 5.64. The zero-order valence-electron chi connectivity index (χ0n) is 23.8. The third-order valence-corrected chi connectivity index (χ3v) is 9.09. The molecule has 0 atom stereocenters. The lowest BCUT2D eigenvalue weighted by Gasteiger charge is -2.18. The molecule has 0 fully saturated rings. The molecule has 2 aromatic heterocycles. The predicted octanol–water partition coefficient (Wildman–Crippen LogP) is 6.06. The first-order chi connectivity index (χ1) is 20.0. The van der Waals surface area contributed by atoms with E-state index in [-0.39, 0.29) is 40.1 Å². The van der Waals surface area contributed by atoms with Crippen molar-refractivity contribution in [1.29, 1.82) is 0 Å². The number of benzene rings is 2. The smallest absolute Gasteiger partial charge is 0.359 e. The number of hydrogen-bond acceptors (Lipinski definition) is 10. The summed E-state index contributed by atoms with van der Waals surface area (Å²) in [7, 11) is -3.57. The summed E-state index contributed by atoms with van der Waals surface area (Å²) in [4.78, 5) is 21.4. The van der Waals surface area contributed by atoms with Gasteiger partial charge in [0.05, 0.1) is 46.1 Å². The number of fused-ring (bicyclic) bond motifs is 3. The Morgan fingerprint density at radius 1 is 1.12 bits per heavy atom. The van der Waals surface area contributed by atoms with Gasteiger partial charge in [-0.1, -0.05) is 23.7 Å². The molecule has 0 saturated carbocycles. The van der Waals surface area contributed by atoms with Gasteiger partial charge in [0, 0.05) is 17.5 Å². The summed E-state index contributed by atoms with van der Waals surface area (Å²) in [6, 6.07) is 10.4. The van der Waals surface area contributed by atoms with Gasteiger partial charge in [-0.05, 0) is 64.4 Å². The highest BCUT2D eigenvalue weighted by atomic mass is 35.5. The summed E-state index contributed by atoms with van der Waals surface area (Å²) in [5.41, 5.74) is 4.51. The number of rotatable bonds is 10. The average molecular weight is 611 g/mol. The highest BCUT2D eigenvalue weighted by Crippen LogP contribution is 2.43. The highest BCUT2D eigenvalue weighted by Gasteiger charge is 2.30. The molecule has 0 amide bonds. The number of sulfone groups is 1. The topological polar surface area (TPSA) is 148 Å². The molecular formula is C29H31ClN6O5S. The second kappa shape index (κ2) is 11.6. The Labute approximate surface area is 248 Å². The Balaban J connectivity index is 1.50. The molecule has 220 valence electrons. The Bertz CT molecular complexity index is 1770. The van der Waals surface area contributed by atoms with Crippen LogP contribution in [0.5, 0.6) is 5.75 Å². The maximum atomic E-state index is 12.9. The number of para-hydroxylation sites is 1. The Hall–Kier alpha value is -4.16. The Morgan fingerprint density at radius 3 is 2.60 bits per heavy atom. The number of carbonyl (C=O) groups is 1. The van der Waals surface area contributed by atoms with E-state index < -0.39 is 21.1 Å². The molecule has 3 N–H and O–H groups in total. The van der Waals surface area contributed by atoms with Crippen LogP contribution in [-0.4, -0.2) is 52.5 Å². The number of aromatic nitrogens is 4. The minimum absolute atomic E-state index is 0.123. The van der Waals surface area contributed by atoms with E-state index in [2.05, 4.69) is 30.8 Å². The van der Waals surface area contributed by atoms with E-state index in [1.54, 1.807) is 45.0 Å². The van der Waals surface area contributed by atoms with Crippen LogP contribution in [0.2, 0.25) is 5.02 Å². The fraction of sp³-hybridized carbons (Fsp3) is 0.310.